The molecule has 0 saturated carbocycles. The van der Waals surface area contributed by atoms with Crippen LogP contribution in [0.5, 0.6) is 0 Å². The van der Waals surface area contributed by atoms with Crippen molar-refractivity contribution in [3.63, 3.8) is 0 Å². The van der Waals surface area contributed by atoms with Gasteiger partial charge in [0.05, 0.1) is 0 Å². The van der Waals surface area contributed by atoms with Crippen molar-refractivity contribution in [2.75, 3.05) is 0 Å². The molecule has 2 rings (SSSR count). The van der Waals surface area contributed by atoms with E-state index in [0.29, 0.717) is 5.92 Å². The van der Waals surface area contributed by atoms with Gasteiger partial charge in [-0.1, -0.05) is 22.0 Å². The van der Waals surface area contributed by atoms with Crippen LogP contribution in [0.15, 0.2) is 22.7 Å². The smallest absolute Gasteiger partial charge is 0.0178 e. The summed E-state index contributed by atoms with van der Waals surface area (Å²) in [5.74, 6) is 0.660. The summed E-state index contributed by atoms with van der Waals surface area (Å²) in [5.41, 5.74) is 9.05. The summed E-state index contributed by atoms with van der Waals surface area (Å²) in [4.78, 5) is 0. The second-order valence-corrected chi connectivity index (χ2v) is 6.19. The van der Waals surface area contributed by atoms with E-state index in [-0.39, 0.29) is 5.54 Å². The lowest BCUT2D eigenvalue weighted by Crippen LogP contribution is -2.33. The molecule has 1 aliphatic carbocycles. The van der Waals surface area contributed by atoms with Crippen LogP contribution in [0.25, 0.3) is 0 Å². The largest absolute Gasteiger partial charge is 0.326 e. The van der Waals surface area contributed by atoms with Crippen LogP contribution in [-0.2, 0) is 6.42 Å². The van der Waals surface area contributed by atoms with Gasteiger partial charge >= 0.3 is 0 Å². The monoisotopic (exact) mass is 267 g/mol. The fourth-order valence-electron chi connectivity index (χ4n) is 2.52. The molecule has 1 aromatic carbocycles. The number of hydrogen-bond acceptors (Lipinski definition) is 1. The second kappa shape index (κ2) is 3.91. The lowest BCUT2D eigenvalue weighted by atomic mass is 9.88. The van der Waals surface area contributed by atoms with Crippen molar-refractivity contribution >= 4 is 15.9 Å². The van der Waals surface area contributed by atoms with Gasteiger partial charge in [0.1, 0.15) is 0 Å². The van der Waals surface area contributed by atoms with Crippen LogP contribution in [0.1, 0.15) is 43.7 Å². The van der Waals surface area contributed by atoms with Gasteiger partial charge in [0.15, 0.2) is 0 Å². The molecule has 1 aliphatic rings. The maximum atomic E-state index is 6.09. The second-order valence-electron chi connectivity index (χ2n) is 5.27. The van der Waals surface area contributed by atoms with Crippen LogP contribution >= 0.6 is 15.9 Å². The Morgan fingerprint density at radius 2 is 2.20 bits per heavy atom. The third kappa shape index (κ3) is 2.61. The van der Waals surface area contributed by atoms with Crippen LogP contribution in [0, 0.1) is 0 Å². The Labute approximate surface area is 100 Å². The Kier molecular flexibility index (Phi) is 2.91. The highest BCUT2D eigenvalue weighted by Gasteiger charge is 2.26. The fraction of sp³-hybridized carbons (Fsp3) is 0.538. The van der Waals surface area contributed by atoms with Crippen molar-refractivity contribution < 1.29 is 0 Å². The lowest BCUT2D eigenvalue weighted by molar-refractivity contribution is 0.422. The van der Waals surface area contributed by atoms with E-state index < -0.39 is 0 Å². The van der Waals surface area contributed by atoms with Crippen molar-refractivity contribution in [1.29, 1.82) is 0 Å². The van der Waals surface area contributed by atoms with E-state index in [4.69, 9.17) is 5.73 Å². The van der Waals surface area contributed by atoms with Gasteiger partial charge in [0.25, 0.3) is 0 Å². The minimum atomic E-state index is -0.0562. The molecule has 15 heavy (non-hydrogen) atoms. The molecule has 2 N–H and O–H groups in total. The Balaban J connectivity index is 2.22. The van der Waals surface area contributed by atoms with E-state index in [1.165, 1.54) is 28.4 Å². The summed E-state index contributed by atoms with van der Waals surface area (Å²) in [6.07, 6.45) is 3.55. The maximum absolute atomic E-state index is 6.09. The number of nitrogens with two attached hydrogens (primary N) is 1. The number of fused-ring (bicyclic) bond motifs is 1. The first-order chi connectivity index (χ1) is 6.96. The normalized spacial score (nSPS) is 20.4. The Bertz CT molecular complexity index is 365. The van der Waals surface area contributed by atoms with E-state index in [1.54, 1.807) is 0 Å². The average Bonchev–Trinajstić information content (AvgIpc) is 2.45. The van der Waals surface area contributed by atoms with Crippen molar-refractivity contribution in [3.8, 4) is 0 Å². The van der Waals surface area contributed by atoms with Crippen LogP contribution in [0.2, 0.25) is 0 Å². The molecule has 2 heteroatoms. The van der Waals surface area contributed by atoms with Gasteiger partial charge in [-0.15, -0.1) is 0 Å². The summed E-state index contributed by atoms with van der Waals surface area (Å²) in [5, 5.41) is 0. The molecule has 0 heterocycles. The van der Waals surface area contributed by atoms with Gasteiger partial charge in [-0.25, -0.2) is 0 Å². The van der Waals surface area contributed by atoms with Gasteiger partial charge in [0, 0.05) is 10.0 Å². The summed E-state index contributed by atoms with van der Waals surface area (Å²) < 4.78 is 1.19. The topological polar surface area (TPSA) is 26.0 Å². The van der Waals surface area contributed by atoms with Gasteiger partial charge in [-0.05, 0) is 62.3 Å². The van der Waals surface area contributed by atoms with Crippen LogP contribution in [0.3, 0.4) is 0 Å². The standard InChI is InChI=1S/C13H18BrN/c1-13(2,15)8-10-4-3-9-7-11(14)5-6-12(9)10/h5-7,10H,3-4,8,15H2,1-2H3. The van der Waals surface area contributed by atoms with Crippen LogP contribution < -0.4 is 5.73 Å². The van der Waals surface area contributed by atoms with Crippen molar-refractivity contribution in [1.82, 2.24) is 0 Å². The Morgan fingerprint density at radius 1 is 1.47 bits per heavy atom. The van der Waals surface area contributed by atoms with E-state index in [9.17, 15) is 0 Å². The minimum absolute atomic E-state index is 0.0562. The van der Waals surface area contributed by atoms with Crippen molar-refractivity contribution in [2.45, 2.75) is 44.6 Å². The first-order valence-electron chi connectivity index (χ1n) is 5.53. The van der Waals surface area contributed by atoms with Gasteiger partial charge in [-0.2, -0.15) is 0 Å². The molecule has 0 aliphatic heterocycles. The first-order valence-corrected chi connectivity index (χ1v) is 6.32. The quantitative estimate of drug-likeness (QED) is 0.871. The predicted molar refractivity (Wildman–Crippen MR) is 68.1 cm³/mol. The fourth-order valence-corrected chi connectivity index (χ4v) is 2.93. The van der Waals surface area contributed by atoms with Gasteiger partial charge in [0.2, 0.25) is 0 Å². The molecule has 0 bridgehead atoms. The summed E-state index contributed by atoms with van der Waals surface area (Å²) in [6.45, 7) is 4.23. The summed E-state index contributed by atoms with van der Waals surface area (Å²) in [7, 11) is 0. The molecule has 0 fully saturated rings. The molecule has 1 aromatic rings. The molecule has 1 unspecified atom stereocenters. The minimum Gasteiger partial charge on any atom is -0.326 e. The number of rotatable bonds is 2. The number of hydrogen-bond donors (Lipinski definition) is 1. The zero-order valence-corrected chi connectivity index (χ0v) is 11.0. The van der Waals surface area contributed by atoms with Crippen LogP contribution in [-0.4, -0.2) is 5.54 Å². The van der Waals surface area contributed by atoms with E-state index in [2.05, 4.69) is 48.0 Å². The summed E-state index contributed by atoms with van der Waals surface area (Å²) >= 11 is 3.52. The molecule has 1 atom stereocenters. The van der Waals surface area contributed by atoms with E-state index in [0.717, 1.165) is 6.42 Å². The zero-order chi connectivity index (χ0) is 11.1. The zero-order valence-electron chi connectivity index (χ0n) is 9.39. The molecule has 0 amide bonds. The highest BCUT2D eigenvalue weighted by molar-refractivity contribution is 9.10. The number of halogens is 1. The molecule has 0 saturated heterocycles. The highest BCUT2D eigenvalue weighted by atomic mass is 79.9. The molecule has 82 valence electrons. The molecule has 0 spiro atoms. The van der Waals surface area contributed by atoms with E-state index in [1.807, 2.05) is 0 Å². The maximum Gasteiger partial charge on any atom is 0.0178 e. The number of aryl methyl sites for hydroxylation is 1. The summed E-state index contributed by atoms with van der Waals surface area (Å²) in [6, 6.07) is 6.64. The predicted octanol–water partition coefficient (Wildman–Crippen LogP) is 3.61. The molecular weight excluding hydrogens is 250 g/mol. The molecule has 1 nitrogen and oxygen atoms in total. The average molecular weight is 268 g/mol. The highest BCUT2D eigenvalue weighted by Crippen LogP contribution is 2.38. The Hall–Kier alpha value is -0.340. The number of benzene rings is 1. The van der Waals surface area contributed by atoms with Crippen molar-refractivity contribution in [2.24, 2.45) is 5.73 Å². The van der Waals surface area contributed by atoms with Crippen LogP contribution in [0.4, 0.5) is 0 Å². The van der Waals surface area contributed by atoms with Gasteiger partial charge < -0.3 is 5.73 Å². The molecule has 0 aromatic heterocycles. The first kappa shape index (κ1) is 11.2. The third-order valence-electron chi connectivity index (χ3n) is 3.08. The van der Waals surface area contributed by atoms with Crippen molar-refractivity contribution in [3.05, 3.63) is 33.8 Å². The van der Waals surface area contributed by atoms with E-state index >= 15 is 0 Å². The SMILES string of the molecule is CC(C)(N)CC1CCc2cc(Br)ccc21. The third-order valence-corrected chi connectivity index (χ3v) is 3.57. The molecule has 0 radical (unpaired) electrons. The Morgan fingerprint density at radius 3 is 2.87 bits per heavy atom. The lowest BCUT2D eigenvalue weighted by Gasteiger charge is -2.23. The van der Waals surface area contributed by atoms with Gasteiger partial charge in [-0.3, -0.25) is 0 Å². The molecular formula is C13H18BrN.